The summed E-state index contributed by atoms with van der Waals surface area (Å²) in [7, 11) is 0. The number of guanidine groups is 1. The highest BCUT2D eigenvalue weighted by atomic mass is 16.3. The van der Waals surface area contributed by atoms with Crippen molar-refractivity contribution in [2.24, 2.45) is 10.7 Å². The monoisotopic (exact) mass is 296 g/mol. The van der Waals surface area contributed by atoms with Crippen molar-refractivity contribution >= 4 is 5.96 Å². The van der Waals surface area contributed by atoms with Gasteiger partial charge in [-0.05, 0) is 42.2 Å². The fourth-order valence-electron chi connectivity index (χ4n) is 2.75. The van der Waals surface area contributed by atoms with E-state index in [2.05, 4.69) is 20.9 Å². The lowest BCUT2D eigenvalue weighted by molar-refractivity contribution is 0.341. The second-order valence-corrected chi connectivity index (χ2v) is 5.53. The predicted octanol–water partition coefficient (Wildman–Crippen LogP) is 1.57. The first-order valence-corrected chi connectivity index (χ1v) is 7.46. The lowest BCUT2D eigenvalue weighted by Crippen LogP contribution is -2.43. The Labute approximate surface area is 130 Å². The first kappa shape index (κ1) is 14.4. The van der Waals surface area contributed by atoms with Gasteiger partial charge in [-0.2, -0.15) is 0 Å². The van der Waals surface area contributed by atoms with Crippen LogP contribution in [0.3, 0.4) is 0 Å². The van der Waals surface area contributed by atoms with Gasteiger partial charge in [0.05, 0.1) is 12.6 Å². The maximum atomic E-state index is 9.36. The van der Waals surface area contributed by atoms with Gasteiger partial charge in [-0.1, -0.05) is 18.2 Å². The van der Waals surface area contributed by atoms with E-state index in [0.717, 1.165) is 25.9 Å². The first-order chi connectivity index (χ1) is 10.7. The number of aromatic hydroxyl groups is 1. The zero-order valence-corrected chi connectivity index (χ0v) is 12.4. The topological polar surface area (TPSA) is 74.7 Å². The normalized spacial score (nSPS) is 17.5. The molecule has 0 fully saturated rings. The number of aromatic nitrogens is 1. The Balaban J connectivity index is 1.63. The maximum absolute atomic E-state index is 9.36. The summed E-state index contributed by atoms with van der Waals surface area (Å²) in [5.41, 5.74) is 8.41. The summed E-state index contributed by atoms with van der Waals surface area (Å²) in [4.78, 5) is 10.7. The Hall–Kier alpha value is -2.56. The van der Waals surface area contributed by atoms with Crippen LogP contribution in [0.15, 0.2) is 53.8 Å². The number of pyridine rings is 1. The van der Waals surface area contributed by atoms with E-state index in [1.807, 2.05) is 24.4 Å². The average molecular weight is 296 g/mol. The quantitative estimate of drug-likeness (QED) is 0.878. The molecule has 5 heteroatoms. The summed E-state index contributed by atoms with van der Waals surface area (Å²) in [5, 5.41) is 9.36. The summed E-state index contributed by atoms with van der Waals surface area (Å²) >= 11 is 0. The van der Waals surface area contributed by atoms with Gasteiger partial charge in [0.25, 0.3) is 0 Å². The van der Waals surface area contributed by atoms with Crippen molar-refractivity contribution in [3.05, 3.63) is 59.9 Å². The number of benzene rings is 1. The minimum absolute atomic E-state index is 0.279. The van der Waals surface area contributed by atoms with Crippen molar-refractivity contribution in [1.29, 1.82) is 0 Å². The Morgan fingerprint density at radius 2 is 2.00 bits per heavy atom. The molecule has 2 heterocycles. The van der Waals surface area contributed by atoms with Gasteiger partial charge in [-0.25, -0.2) is 0 Å². The molecule has 0 unspecified atom stereocenters. The Morgan fingerprint density at radius 1 is 1.18 bits per heavy atom. The molecule has 114 valence electrons. The van der Waals surface area contributed by atoms with Crippen LogP contribution in [0.2, 0.25) is 0 Å². The second kappa shape index (κ2) is 6.47. The van der Waals surface area contributed by atoms with Crippen LogP contribution in [-0.4, -0.2) is 40.1 Å². The van der Waals surface area contributed by atoms with Gasteiger partial charge >= 0.3 is 0 Å². The van der Waals surface area contributed by atoms with Gasteiger partial charge in [-0.3, -0.25) is 9.98 Å². The highest BCUT2D eigenvalue weighted by Gasteiger charge is 2.25. The van der Waals surface area contributed by atoms with E-state index in [4.69, 9.17) is 5.73 Å². The van der Waals surface area contributed by atoms with Crippen molar-refractivity contribution in [3.63, 3.8) is 0 Å². The zero-order valence-electron chi connectivity index (χ0n) is 12.4. The summed E-state index contributed by atoms with van der Waals surface area (Å²) in [6.07, 6.45) is 5.44. The zero-order chi connectivity index (χ0) is 15.4. The molecule has 0 bridgehead atoms. The van der Waals surface area contributed by atoms with Crippen molar-refractivity contribution in [1.82, 2.24) is 9.88 Å². The second-order valence-electron chi connectivity index (χ2n) is 5.53. The van der Waals surface area contributed by atoms with E-state index < -0.39 is 0 Å². The van der Waals surface area contributed by atoms with Crippen LogP contribution < -0.4 is 5.73 Å². The van der Waals surface area contributed by atoms with Crippen LogP contribution in [0.25, 0.3) is 0 Å². The van der Waals surface area contributed by atoms with Crippen LogP contribution in [0, 0.1) is 0 Å². The molecule has 5 nitrogen and oxygen atoms in total. The van der Waals surface area contributed by atoms with Crippen molar-refractivity contribution in [2.75, 3.05) is 13.1 Å². The van der Waals surface area contributed by atoms with Gasteiger partial charge in [0.1, 0.15) is 5.75 Å². The fourth-order valence-corrected chi connectivity index (χ4v) is 2.75. The fraction of sp³-hybridized carbons (Fsp3) is 0.294. The molecule has 1 aromatic carbocycles. The van der Waals surface area contributed by atoms with Gasteiger partial charge in [0.15, 0.2) is 5.96 Å². The molecule has 0 amide bonds. The minimum Gasteiger partial charge on any atom is -0.508 e. The van der Waals surface area contributed by atoms with Crippen molar-refractivity contribution < 1.29 is 5.11 Å². The summed E-state index contributed by atoms with van der Waals surface area (Å²) in [5.74, 6) is 0.909. The molecule has 1 aliphatic heterocycles. The number of nitrogens with two attached hydrogens (primary N) is 1. The molecule has 3 rings (SSSR count). The standard InChI is InChI=1S/C17H20N4O/c18-17-20-12-15(10-13-3-5-16(22)6-4-13)21(17)9-7-14-2-1-8-19-11-14/h1-6,8,11,15,22H,7,9-10,12H2,(H2,18,20)/t15-/m0/s1. The minimum atomic E-state index is 0.279. The molecule has 1 aliphatic rings. The molecule has 1 aromatic heterocycles. The number of rotatable bonds is 5. The third-order valence-corrected chi connectivity index (χ3v) is 3.97. The number of hydrogen-bond acceptors (Lipinski definition) is 5. The van der Waals surface area contributed by atoms with E-state index in [-0.39, 0.29) is 6.04 Å². The third kappa shape index (κ3) is 3.36. The molecule has 0 radical (unpaired) electrons. The van der Waals surface area contributed by atoms with Crippen LogP contribution in [-0.2, 0) is 12.8 Å². The number of phenols is 1. The van der Waals surface area contributed by atoms with E-state index >= 15 is 0 Å². The highest BCUT2D eigenvalue weighted by molar-refractivity contribution is 5.80. The van der Waals surface area contributed by atoms with Crippen LogP contribution >= 0.6 is 0 Å². The Morgan fingerprint density at radius 3 is 2.73 bits per heavy atom. The maximum Gasteiger partial charge on any atom is 0.191 e. The van der Waals surface area contributed by atoms with Crippen LogP contribution in [0.5, 0.6) is 5.75 Å². The molecule has 0 aliphatic carbocycles. The molecule has 3 N–H and O–H groups in total. The lowest BCUT2D eigenvalue weighted by atomic mass is 10.0. The number of hydrogen-bond donors (Lipinski definition) is 2. The van der Waals surface area contributed by atoms with Crippen molar-refractivity contribution in [2.45, 2.75) is 18.9 Å². The molecular weight excluding hydrogens is 276 g/mol. The first-order valence-electron chi connectivity index (χ1n) is 7.46. The molecule has 0 spiro atoms. The van der Waals surface area contributed by atoms with E-state index in [1.54, 1.807) is 18.3 Å². The largest absolute Gasteiger partial charge is 0.508 e. The molecule has 1 atom stereocenters. The van der Waals surface area contributed by atoms with Gasteiger partial charge in [0.2, 0.25) is 0 Å². The molecule has 2 aromatic rings. The highest BCUT2D eigenvalue weighted by Crippen LogP contribution is 2.17. The number of nitrogens with zero attached hydrogens (tertiary/aromatic N) is 3. The SMILES string of the molecule is NC1=NC[C@H](Cc2ccc(O)cc2)N1CCc1cccnc1. The summed E-state index contributed by atoms with van der Waals surface area (Å²) in [6, 6.07) is 11.6. The number of phenolic OH excluding ortho intramolecular Hbond substituents is 1. The van der Waals surface area contributed by atoms with Gasteiger partial charge in [-0.15, -0.1) is 0 Å². The Bertz CT molecular complexity index is 639. The van der Waals surface area contributed by atoms with E-state index in [1.165, 1.54) is 11.1 Å². The summed E-state index contributed by atoms with van der Waals surface area (Å²) in [6.45, 7) is 1.56. The van der Waals surface area contributed by atoms with E-state index in [0.29, 0.717) is 11.7 Å². The number of aliphatic imine (C=N–C) groups is 1. The molecular formula is C17H20N4O. The summed E-state index contributed by atoms with van der Waals surface area (Å²) < 4.78 is 0. The average Bonchev–Trinajstić information content (AvgIpc) is 2.89. The predicted molar refractivity (Wildman–Crippen MR) is 86.7 cm³/mol. The van der Waals surface area contributed by atoms with E-state index in [9.17, 15) is 5.11 Å². The van der Waals surface area contributed by atoms with Crippen LogP contribution in [0.1, 0.15) is 11.1 Å². The van der Waals surface area contributed by atoms with Crippen molar-refractivity contribution in [3.8, 4) is 5.75 Å². The smallest absolute Gasteiger partial charge is 0.191 e. The lowest BCUT2D eigenvalue weighted by Gasteiger charge is -2.26. The van der Waals surface area contributed by atoms with Gasteiger partial charge in [0, 0.05) is 18.9 Å². The third-order valence-electron chi connectivity index (χ3n) is 3.97. The Kier molecular flexibility index (Phi) is 4.23. The van der Waals surface area contributed by atoms with Crippen LogP contribution in [0.4, 0.5) is 0 Å². The molecule has 22 heavy (non-hydrogen) atoms. The molecule has 0 saturated carbocycles. The van der Waals surface area contributed by atoms with Gasteiger partial charge < -0.3 is 15.7 Å². The molecule has 0 saturated heterocycles.